The normalized spacial score (nSPS) is 10.0. The molecule has 2 N–H and O–H groups in total. The topological polar surface area (TPSA) is 79.8 Å². The van der Waals surface area contributed by atoms with Gasteiger partial charge in [-0.25, -0.2) is 0 Å². The maximum atomic E-state index is 11.3. The van der Waals surface area contributed by atoms with E-state index in [-0.39, 0.29) is 5.91 Å². The summed E-state index contributed by atoms with van der Waals surface area (Å²) in [6.45, 7) is 2.65. The van der Waals surface area contributed by atoms with Crippen LogP contribution in [0, 0.1) is 6.92 Å². The van der Waals surface area contributed by atoms with Crippen molar-refractivity contribution in [3.05, 3.63) is 47.4 Å². The molecule has 19 heavy (non-hydrogen) atoms. The van der Waals surface area contributed by atoms with Crippen LogP contribution in [0.1, 0.15) is 21.6 Å². The molecule has 0 bridgehead atoms. The van der Waals surface area contributed by atoms with Crippen molar-refractivity contribution in [1.29, 1.82) is 0 Å². The van der Waals surface area contributed by atoms with E-state index in [1.54, 1.807) is 25.4 Å². The first-order chi connectivity index (χ1) is 9.20. The lowest BCUT2D eigenvalue weighted by atomic mass is 10.1. The van der Waals surface area contributed by atoms with Crippen molar-refractivity contribution in [2.75, 3.05) is 12.4 Å². The van der Waals surface area contributed by atoms with Crippen molar-refractivity contribution >= 4 is 11.7 Å². The van der Waals surface area contributed by atoms with Crippen LogP contribution in [0.15, 0.2) is 30.6 Å². The molecule has 6 nitrogen and oxygen atoms in total. The Bertz CT molecular complexity index is 568. The summed E-state index contributed by atoms with van der Waals surface area (Å²) in [6.07, 6.45) is 3.57. The minimum atomic E-state index is -0.246. The molecule has 2 aromatic heterocycles. The smallest absolute Gasteiger partial charge is 0.271 e. The molecule has 0 atom stereocenters. The predicted octanol–water partition coefficient (Wildman–Crippen LogP) is 1.15. The molecule has 6 heteroatoms. The molecule has 1 amide bonds. The number of nitrogens with one attached hydrogen (secondary N) is 2. The number of pyridine rings is 1. The Labute approximate surface area is 111 Å². The fourth-order valence-corrected chi connectivity index (χ4v) is 1.56. The molecule has 0 radical (unpaired) electrons. The largest absolute Gasteiger partial charge is 0.364 e. The molecule has 0 spiro atoms. The van der Waals surface area contributed by atoms with E-state index in [9.17, 15) is 4.79 Å². The molecule has 0 aliphatic heterocycles. The van der Waals surface area contributed by atoms with Crippen LogP contribution in [0.3, 0.4) is 0 Å². The molecule has 0 fully saturated rings. The second-order valence-electron chi connectivity index (χ2n) is 4.04. The van der Waals surface area contributed by atoms with E-state index in [4.69, 9.17) is 0 Å². The molecule has 98 valence electrons. The van der Waals surface area contributed by atoms with Gasteiger partial charge in [0.2, 0.25) is 0 Å². The van der Waals surface area contributed by atoms with Gasteiger partial charge in [-0.2, -0.15) is 0 Å². The average molecular weight is 257 g/mol. The van der Waals surface area contributed by atoms with Crippen molar-refractivity contribution in [3.63, 3.8) is 0 Å². The summed E-state index contributed by atoms with van der Waals surface area (Å²) in [4.78, 5) is 15.3. The Morgan fingerprint density at radius 3 is 2.74 bits per heavy atom. The van der Waals surface area contributed by atoms with E-state index >= 15 is 0 Å². The van der Waals surface area contributed by atoms with Crippen LogP contribution in [0.25, 0.3) is 0 Å². The lowest BCUT2D eigenvalue weighted by Gasteiger charge is -2.07. The zero-order valence-corrected chi connectivity index (χ0v) is 10.8. The summed E-state index contributed by atoms with van der Waals surface area (Å²) >= 11 is 0. The van der Waals surface area contributed by atoms with E-state index in [2.05, 4.69) is 25.8 Å². The molecule has 0 aliphatic carbocycles. The molecule has 2 heterocycles. The molecule has 2 aromatic rings. The molecule has 0 unspecified atom stereocenters. The summed E-state index contributed by atoms with van der Waals surface area (Å²) in [5.74, 6) is 0.382. The molecule has 0 aromatic carbocycles. The molecule has 0 saturated carbocycles. The quantitative estimate of drug-likeness (QED) is 0.859. The van der Waals surface area contributed by atoms with Crippen molar-refractivity contribution in [1.82, 2.24) is 20.5 Å². The highest BCUT2D eigenvalue weighted by Crippen LogP contribution is 2.08. The van der Waals surface area contributed by atoms with Gasteiger partial charge in [0.25, 0.3) is 5.91 Å². The van der Waals surface area contributed by atoms with E-state index in [1.807, 2.05) is 19.2 Å². The fourth-order valence-electron chi connectivity index (χ4n) is 1.56. The van der Waals surface area contributed by atoms with Gasteiger partial charge in [-0.3, -0.25) is 9.78 Å². The van der Waals surface area contributed by atoms with Gasteiger partial charge in [-0.05, 0) is 36.2 Å². The third-order valence-electron chi connectivity index (χ3n) is 2.72. The van der Waals surface area contributed by atoms with Crippen molar-refractivity contribution < 1.29 is 4.79 Å². The monoisotopic (exact) mass is 257 g/mol. The van der Waals surface area contributed by atoms with E-state index in [0.717, 1.165) is 11.1 Å². The highest BCUT2D eigenvalue weighted by Gasteiger charge is 2.05. The van der Waals surface area contributed by atoms with Gasteiger partial charge in [0.1, 0.15) is 5.82 Å². The number of carbonyl (C=O) groups excluding carboxylic acids is 1. The Hall–Kier alpha value is -2.50. The first-order valence-corrected chi connectivity index (χ1v) is 5.90. The highest BCUT2D eigenvalue weighted by molar-refractivity contribution is 5.91. The SMILES string of the molecule is CNC(=O)c1ccc(NCc2ccncc2C)nn1. The summed E-state index contributed by atoms with van der Waals surface area (Å²) in [7, 11) is 1.56. The molecule has 2 rings (SSSR count). The van der Waals surface area contributed by atoms with Crippen LogP contribution in [0.5, 0.6) is 0 Å². The molecule has 0 saturated heterocycles. The summed E-state index contributed by atoms with van der Waals surface area (Å²) in [5.41, 5.74) is 2.56. The van der Waals surface area contributed by atoms with Crippen LogP contribution < -0.4 is 10.6 Å². The average Bonchev–Trinajstić information content (AvgIpc) is 2.46. The summed E-state index contributed by atoms with van der Waals surface area (Å²) in [5, 5.41) is 13.5. The zero-order chi connectivity index (χ0) is 13.7. The number of nitrogens with zero attached hydrogens (tertiary/aromatic N) is 3. The van der Waals surface area contributed by atoms with Crippen molar-refractivity contribution in [2.24, 2.45) is 0 Å². The van der Waals surface area contributed by atoms with Gasteiger partial charge in [0, 0.05) is 26.0 Å². The predicted molar refractivity (Wildman–Crippen MR) is 71.7 cm³/mol. The maximum Gasteiger partial charge on any atom is 0.271 e. The lowest BCUT2D eigenvalue weighted by molar-refractivity contribution is 0.0957. The van der Waals surface area contributed by atoms with Crippen LogP contribution in [0.4, 0.5) is 5.82 Å². The van der Waals surface area contributed by atoms with E-state index in [0.29, 0.717) is 18.1 Å². The first kappa shape index (κ1) is 12.9. The number of aromatic nitrogens is 3. The van der Waals surface area contributed by atoms with Crippen LogP contribution >= 0.6 is 0 Å². The van der Waals surface area contributed by atoms with Gasteiger partial charge < -0.3 is 10.6 Å². The van der Waals surface area contributed by atoms with Crippen LogP contribution in [0.2, 0.25) is 0 Å². The Morgan fingerprint density at radius 1 is 1.26 bits per heavy atom. The van der Waals surface area contributed by atoms with Crippen molar-refractivity contribution in [3.8, 4) is 0 Å². The minimum Gasteiger partial charge on any atom is -0.364 e. The number of carbonyl (C=O) groups is 1. The summed E-state index contributed by atoms with van der Waals surface area (Å²) in [6, 6.07) is 5.32. The zero-order valence-electron chi connectivity index (χ0n) is 10.8. The number of amides is 1. The second-order valence-corrected chi connectivity index (χ2v) is 4.04. The fraction of sp³-hybridized carbons (Fsp3) is 0.231. The highest BCUT2D eigenvalue weighted by atomic mass is 16.1. The maximum absolute atomic E-state index is 11.3. The third-order valence-corrected chi connectivity index (χ3v) is 2.72. The summed E-state index contributed by atoms with van der Waals surface area (Å²) < 4.78 is 0. The number of hydrogen-bond acceptors (Lipinski definition) is 5. The Morgan fingerprint density at radius 2 is 2.11 bits per heavy atom. The van der Waals surface area contributed by atoms with Gasteiger partial charge >= 0.3 is 0 Å². The van der Waals surface area contributed by atoms with Crippen LogP contribution in [-0.4, -0.2) is 28.1 Å². The van der Waals surface area contributed by atoms with E-state index < -0.39 is 0 Å². The third kappa shape index (κ3) is 3.25. The Kier molecular flexibility index (Phi) is 4.02. The number of hydrogen-bond donors (Lipinski definition) is 2. The van der Waals surface area contributed by atoms with Crippen molar-refractivity contribution in [2.45, 2.75) is 13.5 Å². The first-order valence-electron chi connectivity index (χ1n) is 5.90. The van der Waals surface area contributed by atoms with Gasteiger partial charge in [-0.15, -0.1) is 10.2 Å². The van der Waals surface area contributed by atoms with Crippen LogP contribution in [-0.2, 0) is 6.54 Å². The standard InChI is InChI=1S/C13H15N5O/c1-9-7-15-6-5-10(9)8-16-12-4-3-11(17-18-12)13(19)14-2/h3-7H,8H2,1-2H3,(H,14,19)(H,16,18). The number of aryl methyl sites for hydroxylation is 1. The Balaban J connectivity index is 2.01. The van der Waals surface area contributed by atoms with Gasteiger partial charge in [-0.1, -0.05) is 0 Å². The minimum absolute atomic E-state index is 0.246. The van der Waals surface area contributed by atoms with Gasteiger partial charge in [0.05, 0.1) is 0 Å². The lowest BCUT2D eigenvalue weighted by Crippen LogP contribution is -2.19. The van der Waals surface area contributed by atoms with E-state index in [1.165, 1.54) is 0 Å². The molecular weight excluding hydrogens is 242 g/mol. The second kappa shape index (κ2) is 5.90. The number of anilines is 1. The van der Waals surface area contributed by atoms with Gasteiger partial charge in [0.15, 0.2) is 5.69 Å². The molecule has 0 aliphatic rings. The molecular formula is C13H15N5O. The number of rotatable bonds is 4.